The summed E-state index contributed by atoms with van der Waals surface area (Å²) in [6, 6.07) is 12.5. The number of rotatable bonds is 4. The zero-order valence-corrected chi connectivity index (χ0v) is 27.6. The van der Waals surface area contributed by atoms with Gasteiger partial charge in [0.15, 0.2) is 11.5 Å². The van der Waals surface area contributed by atoms with E-state index in [1.807, 2.05) is 38.1 Å². The molecule has 6 unspecified atom stereocenters. The third kappa shape index (κ3) is 4.05. The number of aromatic hydroxyl groups is 1. The van der Waals surface area contributed by atoms with Gasteiger partial charge in [0.1, 0.15) is 11.5 Å². The zero-order valence-electron chi connectivity index (χ0n) is 26.0. The number of phenolic OH excluding ortho intramolecular Hbond substituents is 1. The van der Waals surface area contributed by atoms with Crippen molar-refractivity contribution in [2.75, 3.05) is 12.0 Å². The second-order valence-electron chi connectivity index (χ2n) is 13.2. The largest absolute Gasteiger partial charge is 0.504 e. The van der Waals surface area contributed by atoms with Gasteiger partial charge in [-0.1, -0.05) is 29.3 Å². The van der Waals surface area contributed by atoms with E-state index in [9.17, 15) is 24.3 Å². The Labute approximate surface area is 278 Å². The fourth-order valence-corrected chi connectivity index (χ4v) is 9.93. The molecule has 2 aromatic carbocycles. The molecule has 2 aliphatic heterocycles. The third-order valence-electron chi connectivity index (χ3n) is 10.9. The number of allylic oxidation sites excluding steroid dienone is 2. The summed E-state index contributed by atoms with van der Waals surface area (Å²) in [5, 5.41) is 19.3. The van der Waals surface area contributed by atoms with Crippen molar-refractivity contribution < 1.29 is 29.0 Å². The number of fused-ring (bicyclic) bond motifs is 5. The van der Waals surface area contributed by atoms with Gasteiger partial charge in [-0.15, -0.1) is 11.3 Å². The SMILES string of the molecule is COc1cc(C2C3=CCC4C(=O)NC(=O)C4C3CC3C(=O)N(c4cc(-c5sc6ccc(Cl)cc6c5C)nn4C)C(=O)C32C)ccc1O. The minimum atomic E-state index is -1.23. The van der Waals surface area contributed by atoms with Crippen LogP contribution in [0, 0.1) is 36.0 Å². The molecule has 10 nitrogen and oxygen atoms in total. The van der Waals surface area contributed by atoms with E-state index in [2.05, 4.69) is 5.32 Å². The topological polar surface area (TPSA) is 131 Å². The van der Waals surface area contributed by atoms with Crippen molar-refractivity contribution in [1.29, 1.82) is 0 Å². The number of phenols is 1. The summed E-state index contributed by atoms with van der Waals surface area (Å²) in [5.74, 6) is -3.81. The molecule has 8 rings (SSSR count). The van der Waals surface area contributed by atoms with Crippen LogP contribution in [0.1, 0.15) is 36.8 Å². The number of ether oxygens (including phenoxy) is 1. The molecule has 0 radical (unpaired) electrons. The minimum absolute atomic E-state index is 0.0552. The molecule has 2 aromatic heterocycles. The second kappa shape index (κ2) is 10.3. The molecule has 0 bridgehead atoms. The summed E-state index contributed by atoms with van der Waals surface area (Å²) >= 11 is 7.85. The van der Waals surface area contributed by atoms with Gasteiger partial charge >= 0.3 is 0 Å². The van der Waals surface area contributed by atoms with E-state index in [-0.39, 0.29) is 41.5 Å². The molecule has 4 aliphatic rings. The number of nitrogens with zero attached hydrogens (tertiary/aromatic N) is 3. The molecule has 1 saturated carbocycles. The molecule has 12 heteroatoms. The number of hydrogen-bond acceptors (Lipinski definition) is 8. The van der Waals surface area contributed by atoms with Crippen molar-refractivity contribution in [1.82, 2.24) is 15.1 Å². The number of aromatic nitrogens is 2. The lowest BCUT2D eigenvalue weighted by molar-refractivity contribution is -0.131. The fraction of sp³-hybridized carbons (Fsp3) is 0.343. The summed E-state index contributed by atoms with van der Waals surface area (Å²) in [6.07, 6.45) is 2.59. The average Bonchev–Trinajstić information content (AvgIpc) is 3.72. The van der Waals surface area contributed by atoms with Gasteiger partial charge in [-0.25, -0.2) is 4.90 Å². The van der Waals surface area contributed by atoms with Gasteiger partial charge in [0.2, 0.25) is 23.6 Å². The van der Waals surface area contributed by atoms with Gasteiger partial charge in [-0.2, -0.15) is 5.10 Å². The molecule has 3 fully saturated rings. The molecule has 2 saturated heterocycles. The van der Waals surface area contributed by atoms with Crippen LogP contribution in [0.5, 0.6) is 11.5 Å². The highest BCUT2D eigenvalue weighted by atomic mass is 35.5. The molecular formula is C35H31ClN4O6S. The first-order valence-corrected chi connectivity index (χ1v) is 16.7. The Kier molecular flexibility index (Phi) is 6.52. The quantitative estimate of drug-likeness (QED) is 0.217. The zero-order chi connectivity index (χ0) is 33.1. The molecule has 47 heavy (non-hydrogen) atoms. The highest BCUT2D eigenvalue weighted by molar-refractivity contribution is 7.22. The summed E-state index contributed by atoms with van der Waals surface area (Å²) in [4.78, 5) is 57.5. The van der Waals surface area contributed by atoms with E-state index >= 15 is 0 Å². The molecule has 240 valence electrons. The number of anilines is 1. The van der Waals surface area contributed by atoms with Gasteiger partial charge in [0.25, 0.3) is 0 Å². The van der Waals surface area contributed by atoms with E-state index in [4.69, 9.17) is 21.4 Å². The number of halogens is 1. The Bertz CT molecular complexity index is 2120. The number of carbonyl (C=O) groups is 4. The van der Waals surface area contributed by atoms with Crippen LogP contribution < -0.4 is 15.0 Å². The summed E-state index contributed by atoms with van der Waals surface area (Å²) in [5.41, 5.74) is 1.95. The van der Waals surface area contributed by atoms with Crippen molar-refractivity contribution in [3.8, 4) is 22.1 Å². The van der Waals surface area contributed by atoms with Crippen molar-refractivity contribution in [3.63, 3.8) is 0 Å². The molecule has 6 atom stereocenters. The van der Waals surface area contributed by atoms with Crippen LogP contribution in [0.3, 0.4) is 0 Å². The number of thiophene rings is 1. The molecule has 0 spiro atoms. The first kappa shape index (κ1) is 29.9. The third-order valence-corrected chi connectivity index (χ3v) is 12.4. The summed E-state index contributed by atoms with van der Waals surface area (Å²) < 4.78 is 8.05. The van der Waals surface area contributed by atoms with E-state index in [1.54, 1.807) is 41.3 Å². The predicted molar refractivity (Wildman–Crippen MR) is 176 cm³/mol. The average molecular weight is 671 g/mol. The Morgan fingerprint density at radius 3 is 2.64 bits per heavy atom. The lowest BCUT2D eigenvalue weighted by Gasteiger charge is -2.49. The number of aryl methyl sites for hydroxylation is 2. The maximum atomic E-state index is 14.9. The lowest BCUT2D eigenvalue weighted by Crippen LogP contribution is -2.48. The first-order chi connectivity index (χ1) is 22.4. The normalized spacial score (nSPS) is 28.3. The maximum absolute atomic E-state index is 14.9. The Morgan fingerprint density at radius 2 is 1.87 bits per heavy atom. The standard InChI is InChI=1S/C35H31ClN4O6S/c1-15-20-12-17(36)6-10-26(20)47-30(15)23-14-27(39(3)38-23)40-33(44)22-13-21-18(7-8-19-28(21)32(43)37-31(19)42)29(35(22,2)34(40)45)16-5-9-24(41)25(11-16)46-4/h5-7,9-12,14,19,21-22,28-29,41H,8,13H2,1-4H3,(H,37,42,43). The van der Waals surface area contributed by atoms with E-state index in [1.165, 1.54) is 18.1 Å². The van der Waals surface area contributed by atoms with Crippen molar-refractivity contribution in [2.45, 2.75) is 32.6 Å². The lowest BCUT2D eigenvalue weighted by atomic mass is 9.51. The predicted octanol–water partition coefficient (Wildman–Crippen LogP) is 5.50. The first-order valence-electron chi connectivity index (χ1n) is 15.5. The molecule has 4 heterocycles. The molecular weight excluding hydrogens is 640 g/mol. The van der Waals surface area contributed by atoms with Crippen molar-refractivity contribution in [3.05, 3.63) is 70.3 Å². The monoisotopic (exact) mass is 670 g/mol. The van der Waals surface area contributed by atoms with Crippen LogP contribution in [0.4, 0.5) is 5.82 Å². The van der Waals surface area contributed by atoms with Crippen LogP contribution in [-0.2, 0) is 26.2 Å². The summed E-state index contributed by atoms with van der Waals surface area (Å²) in [6.45, 7) is 3.83. The maximum Gasteiger partial charge on any atom is 0.242 e. The minimum Gasteiger partial charge on any atom is -0.504 e. The highest BCUT2D eigenvalue weighted by Gasteiger charge is 2.67. The fourth-order valence-electron chi connectivity index (χ4n) is 8.61. The van der Waals surface area contributed by atoms with E-state index in [0.717, 1.165) is 26.1 Å². The number of methoxy groups -OCH3 is 1. The van der Waals surface area contributed by atoms with Crippen LogP contribution in [0.2, 0.25) is 5.02 Å². The Morgan fingerprint density at radius 1 is 1.09 bits per heavy atom. The Balaban J connectivity index is 1.26. The van der Waals surface area contributed by atoms with Crippen molar-refractivity contribution >= 4 is 62.5 Å². The number of imide groups is 2. The molecule has 2 aliphatic carbocycles. The number of benzene rings is 2. The molecule has 4 amide bonds. The van der Waals surface area contributed by atoms with E-state index < -0.39 is 35.0 Å². The molecule has 4 aromatic rings. The smallest absolute Gasteiger partial charge is 0.242 e. The van der Waals surface area contributed by atoms with Crippen molar-refractivity contribution in [2.24, 2.45) is 36.1 Å². The van der Waals surface area contributed by atoms with Gasteiger partial charge in [-0.05, 0) is 79.5 Å². The summed E-state index contributed by atoms with van der Waals surface area (Å²) in [7, 11) is 3.16. The Hall–Kier alpha value is -4.48. The van der Waals surface area contributed by atoms with Gasteiger partial charge < -0.3 is 9.84 Å². The molecule has 2 N–H and O–H groups in total. The van der Waals surface area contributed by atoms with Crippen LogP contribution in [-0.4, -0.2) is 45.6 Å². The van der Waals surface area contributed by atoms with Gasteiger partial charge in [0.05, 0.1) is 35.2 Å². The second-order valence-corrected chi connectivity index (χ2v) is 14.6. The van der Waals surface area contributed by atoms with Gasteiger partial charge in [-0.3, -0.25) is 29.2 Å². The number of amides is 4. The highest BCUT2D eigenvalue weighted by Crippen LogP contribution is 2.63. The number of nitrogens with one attached hydrogen (secondary N) is 1. The van der Waals surface area contributed by atoms with Gasteiger partial charge in [0, 0.05) is 28.8 Å². The van der Waals surface area contributed by atoms with Crippen LogP contribution in [0.15, 0.2) is 54.1 Å². The van der Waals surface area contributed by atoms with Crippen LogP contribution in [0.25, 0.3) is 20.7 Å². The van der Waals surface area contributed by atoms with Crippen LogP contribution >= 0.6 is 22.9 Å². The van der Waals surface area contributed by atoms with E-state index in [0.29, 0.717) is 28.5 Å². The number of carbonyl (C=O) groups excluding carboxylic acids is 4. The number of hydrogen-bond donors (Lipinski definition) is 2.